The van der Waals surface area contributed by atoms with Crippen LogP contribution in [0.3, 0.4) is 0 Å². The number of guanidine groups is 1. The SMILES string of the molecule is CN=C(NCCOc1ccc(Br)cc1)N(C)Cc1cccn1C. The molecule has 6 heteroatoms. The van der Waals surface area contributed by atoms with Gasteiger partial charge in [-0.1, -0.05) is 15.9 Å². The molecule has 124 valence electrons. The van der Waals surface area contributed by atoms with E-state index >= 15 is 0 Å². The van der Waals surface area contributed by atoms with Crippen LogP contribution >= 0.6 is 15.9 Å². The maximum absolute atomic E-state index is 5.70. The molecule has 1 aromatic heterocycles. The normalized spacial score (nSPS) is 11.4. The van der Waals surface area contributed by atoms with Gasteiger partial charge in [-0.15, -0.1) is 0 Å². The second kappa shape index (κ2) is 8.62. The summed E-state index contributed by atoms with van der Waals surface area (Å²) >= 11 is 3.41. The first-order valence-corrected chi connectivity index (χ1v) is 8.30. The largest absolute Gasteiger partial charge is 0.492 e. The van der Waals surface area contributed by atoms with Gasteiger partial charge in [-0.2, -0.15) is 0 Å². The van der Waals surface area contributed by atoms with Crippen LogP contribution in [0, 0.1) is 0 Å². The molecule has 1 heterocycles. The predicted molar refractivity (Wildman–Crippen MR) is 97.9 cm³/mol. The maximum atomic E-state index is 5.70. The van der Waals surface area contributed by atoms with Crippen LogP contribution in [0.2, 0.25) is 0 Å². The van der Waals surface area contributed by atoms with E-state index in [2.05, 4.69) is 41.8 Å². The van der Waals surface area contributed by atoms with Crippen molar-refractivity contribution >= 4 is 21.9 Å². The predicted octanol–water partition coefficient (Wildman–Crippen LogP) is 2.87. The third kappa shape index (κ3) is 5.32. The molecule has 0 amide bonds. The van der Waals surface area contributed by atoms with E-state index in [1.807, 2.05) is 50.6 Å². The van der Waals surface area contributed by atoms with Crippen LogP contribution in [0.1, 0.15) is 5.69 Å². The highest BCUT2D eigenvalue weighted by Crippen LogP contribution is 2.15. The molecule has 0 spiro atoms. The Morgan fingerprint density at radius 2 is 2.04 bits per heavy atom. The Kier molecular flexibility index (Phi) is 6.52. The number of aliphatic imine (C=N–C) groups is 1. The number of benzene rings is 1. The molecule has 2 aromatic rings. The number of rotatable bonds is 6. The Morgan fingerprint density at radius 3 is 2.65 bits per heavy atom. The number of aryl methyl sites for hydroxylation is 1. The molecule has 0 bridgehead atoms. The second-order valence-corrected chi connectivity index (χ2v) is 6.16. The average molecular weight is 379 g/mol. The molecule has 0 fully saturated rings. The van der Waals surface area contributed by atoms with E-state index in [0.717, 1.165) is 22.7 Å². The third-order valence-electron chi connectivity index (χ3n) is 3.49. The van der Waals surface area contributed by atoms with Gasteiger partial charge in [-0.3, -0.25) is 4.99 Å². The van der Waals surface area contributed by atoms with E-state index in [-0.39, 0.29) is 0 Å². The standard InChI is InChI=1S/C17H23BrN4O/c1-19-17(22(3)13-15-5-4-11-21(15)2)20-10-12-23-16-8-6-14(18)7-9-16/h4-9,11H,10,12-13H2,1-3H3,(H,19,20). The minimum Gasteiger partial charge on any atom is -0.492 e. The van der Waals surface area contributed by atoms with Crippen molar-refractivity contribution in [2.24, 2.45) is 12.0 Å². The Bertz CT molecular complexity index is 636. The number of nitrogens with one attached hydrogen (secondary N) is 1. The van der Waals surface area contributed by atoms with Crippen LogP contribution in [0.4, 0.5) is 0 Å². The molecule has 0 atom stereocenters. The van der Waals surface area contributed by atoms with Crippen LogP contribution in [0.5, 0.6) is 5.75 Å². The van der Waals surface area contributed by atoms with E-state index in [9.17, 15) is 0 Å². The third-order valence-corrected chi connectivity index (χ3v) is 4.02. The summed E-state index contributed by atoms with van der Waals surface area (Å²) in [6.07, 6.45) is 2.05. The van der Waals surface area contributed by atoms with Gasteiger partial charge < -0.3 is 19.5 Å². The lowest BCUT2D eigenvalue weighted by Gasteiger charge is -2.22. The zero-order valence-electron chi connectivity index (χ0n) is 13.8. The minimum atomic E-state index is 0.582. The summed E-state index contributed by atoms with van der Waals surface area (Å²) in [5, 5.41) is 3.32. The summed E-state index contributed by atoms with van der Waals surface area (Å²) in [6, 6.07) is 12.0. The molecular formula is C17H23BrN4O. The number of ether oxygens (including phenoxy) is 1. The fourth-order valence-electron chi connectivity index (χ4n) is 2.23. The van der Waals surface area contributed by atoms with Crippen LogP contribution < -0.4 is 10.1 Å². The van der Waals surface area contributed by atoms with Crippen LogP contribution in [-0.4, -0.2) is 42.7 Å². The Balaban J connectivity index is 1.76. The number of nitrogens with zero attached hydrogens (tertiary/aromatic N) is 3. The highest BCUT2D eigenvalue weighted by molar-refractivity contribution is 9.10. The highest BCUT2D eigenvalue weighted by atomic mass is 79.9. The monoisotopic (exact) mass is 378 g/mol. The Morgan fingerprint density at radius 1 is 1.30 bits per heavy atom. The summed E-state index contributed by atoms with van der Waals surface area (Å²) in [7, 11) is 5.86. The molecule has 23 heavy (non-hydrogen) atoms. The molecule has 0 unspecified atom stereocenters. The Labute approximate surface area is 146 Å². The van der Waals surface area contributed by atoms with Gasteiger partial charge in [0.2, 0.25) is 0 Å². The molecule has 0 radical (unpaired) electrons. The van der Waals surface area contributed by atoms with Crippen LogP contribution in [0.15, 0.2) is 52.1 Å². The quantitative estimate of drug-likeness (QED) is 0.477. The maximum Gasteiger partial charge on any atom is 0.193 e. The van der Waals surface area contributed by atoms with Gasteiger partial charge in [0.05, 0.1) is 13.1 Å². The lowest BCUT2D eigenvalue weighted by molar-refractivity contribution is 0.319. The van der Waals surface area contributed by atoms with Crippen molar-refractivity contribution in [1.82, 2.24) is 14.8 Å². The summed E-state index contributed by atoms with van der Waals surface area (Å²) in [6.45, 7) is 2.08. The van der Waals surface area contributed by atoms with Gasteiger partial charge in [0.25, 0.3) is 0 Å². The molecule has 5 nitrogen and oxygen atoms in total. The van der Waals surface area contributed by atoms with E-state index in [1.165, 1.54) is 5.69 Å². The van der Waals surface area contributed by atoms with Crippen molar-refractivity contribution in [2.45, 2.75) is 6.54 Å². The lowest BCUT2D eigenvalue weighted by Crippen LogP contribution is -2.40. The van der Waals surface area contributed by atoms with E-state index in [4.69, 9.17) is 4.74 Å². The first-order valence-electron chi connectivity index (χ1n) is 7.50. The topological polar surface area (TPSA) is 41.8 Å². The molecule has 1 N–H and O–H groups in total. The fraction of sp³-hybridized carbons (Fsp3) is 0.353. The molecule has 0 aliphatic rings. The minimum absolute atomic E-state index is 0.582. The summed E-state index contributed by atoms with van der Waals surface area (Å²) in [4.78, 5) is 6.41. The van der Waals surface area contributed by atoms with Crippen molar-refractivity contribution in [2.75, 3.05) is 27.2 Å². The number of halogens is 1. The lowest BCUT2D eigenvalue weighted by atomic mass is 10.3. The zero-order chi connectivity index (χ0) is 16.7. The molecular weight excluding hydrogens is 356 g/mol. The molecule has 0 aliphatic carbocycles. The molecule has 0 saturated carbocycles. The highest BCUT2D eigenvalue weighted by Gasteiger charge is 2.07. The van der Waals surface area contributed by atoms with Crippen molar-refractivity contribution in [3.05, 3.63) is 52.8 Å². The van der Waals surface area contributed by atoms with Gasteiger partial charge >= 0.3 is 0 Å². The Hall–Kier alpha value is -1.95. The number of hydrogen-bond donors (Lipinski definition) is 1. The molecule has 0 aliphatic heterocycles. The zero-order valence-corrected chi connectivity index (χ0v) is 15.4. The van der Waals surface area contributed by atoms with E-state index in [0.29, 0.717) is 13.2 Å². The summed E-state index contributed by atoms with van der Waals surface area (Å²) in [5.74, 6) is 1.72. The first-order chi connectivity index (χ1) is 11.1. The van der Waals surface area contributed by atoms with E-state index in [1.54, 1.807) is 7.05 Å². The molecule has 0 saturated heterocycles. The van der Waals surface area contributed by atoms with Gasteiger partial charge in [0.1, 0.15) is 12.4 Å². The van der Waals surface area contributed by atoms with E-state index < -0.39 is 0 Å². The van der Waals surface area contributed by atoms with Gasteiger partial charge in [0, 0.05) is 37.5 Å². The van der Waals surface area contributed by atoms with Crippen LogP contribution in [-0.2, 0) is 13.6 Å². The van der Waals surface area contributed by atoms with Crippen LogP contribution in [0.25, 0.3) is 0 Å². The smallest absolute Gasteiger partial charge is 0.193 e. The molecule has 1 aromatic carbocycles. The second-order valence-electron chi connectivity index (χ2n) is 5.24. The number of aromatic nitrogens is 1. The van der Waals surface area contributed by atoms with Gasteiger partial charge in [-0.25, -0.2) is 0 Å². The van der Waals surface area contributed by atoms with Crippen molar-refractivity contribution in [3.63, 3.8) is 0 Å². The average Bonchev–Trinajstić information content (AvgIpc) is 2.94. The first kappa shape index (κ1) is 17.4. The van der Waals surface area contributed by atoms with Gasteiger partial charge in [-0.05, 0) is 36.4 Å². The van der Waals surface area contributed by atoms with Crippen molar-refractivity contribution in [3.8, 4) is 5.75 Å². The van der Waals surface area contributed by atoms with Gasteiger partial charge in [0.15, 0.2) is 5.96 Å². The number of hydrogen-bond acceptors (Lipinski definition) is 2. The summed E-state index contributed by atoms with van der Waals surface area (Å²) < 4.78 is 8.86. The fourth-order valence-corrected chi connectivity index (χ4v) is 2.49. The summed E-state index contributed by atoms with van der Waals surface area (Å²) in [5.41, 5.74) is 1.24. The van der Waals surface area contributed by atoms with Crippen molar-refractivity contribution in [1.29, 1.82) is 0 Å². The molecule has 2 rings (SSSR count). The van der Waals surface area contributed by atoms with Crippen molar-refractivity contribution < 1.29 is 4.74 Å².